The van der Waals surface area contributed by atoms with Gasteiger partial charge in [0.05, 0.1) is 26.2 Å². The standard InChI is InChI=1S/C34H35NO4/c1-4-24-15-17-28(18-16-24)39-23-30-29-22-32(38-3)31(37-2)21-27(29)19-20-35(30)34(36)33(25-11-7-5-8-12-25)26-13-9-6-10-14-26/h5-18,21-22,30,33H,4,19-20,23H2,1-3H3. The minimum absolute atomic E-state index is 0.0581. The summed E-state index contributed by atoms with van der Waals surface area (Å²) in [6, 6.07) is 31.9. The van der Waals surface area contributed by atoms with Gasteiger partial charge < -0.3 is 19.1 Å². The van der Waals surface area contributed by atoms with Crippen LogP contribution in [0.2, 0.25) is 0 Å². The maximum absolute atomic E-state index is 14.5. The Morgan fingerprint density at radius 1 is 0.846 bits per heavy atom. The molecular weight excluding hydrogens is 486 g/mol. The van der Waals surface area contributed by atoms with E-state index in [4.69, 9.17) is 14.2 Å². The zero-order valence-electron chi connectivity index (χ0n) is 22.8. The molecule has 0 saturated heterocycles. The minimum Gasteiger partial charge on any atom is -0.493 e. The Labute approximate surface area is 231 Å². The van der Waals surface area contributed by atoms with Crippen molar-refractivity contribution in [1.29, 1.82) is 0 Å². The second-order valence-electron chi connectivity index (χ2n) is 9.77. The van der Waals surface area contributed by atoms with Crippen LogP contribution in [-0.2, 0) is 17.6 Å². The lowest BCUT2D eigenvalue weighted by atomic mass is 9.86. The van der Waals surface area contributed by atoms with E-state index in [1.165, 1.54) is 5.56 Å². The minimum atomic E-state index is -0.416. The van der Waals surface area contributed by atoms with Crippen LogP contribution in [0.3, 0.4) is 0 Å². The van der Waals surface area contributed by atoms with Gasteiger partial charge in [0.15, 0.2) is 11.5 Å². The summed E-state index contributed by atoms with van der Waals surface area (Å²) in [5.41, 5.74) is 5.37. The summed E-state index contributed by atoms with van der Waals surface area (Å²) >= 11 is 0. The third-order valence-corrected chi connectivity index (χ3v) is 7.54. The van der Waals surface area contributed by atoms with Crippen molar-refractivity contribution in [3.63, 3.8) is 0 Å². The number of carbonyl (C=O) groups excluding carboxylic acids is 1. The topological polar surface area (TPSA) is 48.0 Å². The fraction of sp³-hybridized carbons (Fsp3) is 0.265. The molecule has 1 aliphatic rings. The number of ether oxygens (including phenoxy) is 3. The number of fused-ring (bicyclic) bond motifs is 1. The molecule has 0 spiro atoms. The molecule has 4 aromatic rings. The molecule has 1 unspecified atom stereocenters. The number of methoxy groups -OCH3 is 2. The Morgan fingerprint density at radius 2 is 1.44 bits per heavy atom. The smallest absolute Gasteiger partial charge is 0.235 e. The van der Waals surface area contributed by atoms with E-state index in [0.29, 0.717) is 24.7 Å². The highest BCUT2D eigenvalue weighted by Gasteiger charge is 2.37. The average Bonchev–Trinajstić information content (AvgIpc) is 3.00. The van der Waals surface area contributed by atoms with Gasteiger partial charge in [0.25, 0.3) is 0 Å². The van der Waals surface area contributed by atoms with Crippen molar-refractivity contribution in [2.45, 2.75) is 31.7 Å². The van der Waals surface area contributed by atoms with Crippen LogP contribution in [0.1, 0.15) is 46.7 Å². The van der Waals surface area contributed by atoms with Crippen LogP contribution in [0.5, 0.6) is 17.2 Å². The molecular formula is C34H35NO4. The first kappa shape index (κ1) is 26.4. The van der Waals surface area contributed by atoms with Gasteiger partial charge in [-0.2, -0.15) is 0 Å². The summed E-state index contributed by atoms with van der Waals surface area (Å²) in [4.78, 5) is 16.5. The maximum Gasteiger partial charge on any atom is 0.235 e. The van der Waals surface area contributed by atoms with E-state index in [2.05, 4.69) is 19.1 Å². The number of hydrogen-bond acceptors (Lipinski definition) is 4. The lowest BCUT2D eigenvalue weighted by Gasteiger charge is -2.39. The molecule has 0 aliphatic carbocycles. The van der Waals surface area contributed by atoms with Crippen LogP contribution < -0.4 is 14.2 Å². The third kappa shape index (κ3) is 5.63. The fourth-order valence-electron chi connectivity index (χ4n) is 5.40. The summed E-state index contributed by atoms with van der Waals surface area (Å²) in [7, 11) is 3.28. The lowest BCUT2D eigenvalue weighted by Crippen LogP contribution is -2.45. The van der Waals surface area contributed by atoms with Crippen molar-refractivity contribution in [3.8, 4) is 17.2 Å². The van der Waals surface area contributed by atoms with Gasteiger partial charge in [0.2, 0.25) is 5.91 Å². The highest BCUT2D eigenvalue weighted by molar-refractivity contribution is 5.88. The number of hydrogen-bond donors (Lipinski definition) is 0. The van der Waals surface area contributed by atoms with E-state index in [1.807, 2.05) is 89.8 Å². The molecule has 5 heteroatoms. The molecule has 200 valence electrons. The molecule has 0 radical (unpaired) electrons. The molecule has 0 N–H and O–H groups in total. The zero-order valence-corrected chi connectivity index (χ0v) is 22.8. The summed E-state index contributed by atoms with van der Waals surface area (Å²) < 4.78 is 17.6. The fourth-order valence-corrected chi connectivity index (χ4v) is 5.40. The number of aryl methyl sites for hydroxylation is 1. The van der Waals surface area contributed by atoms with E-state index in [1.54, 1.807) is 14.2 Å². The van der Waals surface area contributed by atoms with Gasteiger partial charge in [0.1, 0.15) is 12.4 Å². The first-order chi connectivity index (χ1) is 19.1. The quantitative estimate of drug-likeness (QED) is 0.249. The van der Waals surface area contributed by atoms with E-state index in [-0.39, 0.29) is 11.9 Å². The Morgan fingerprint density at radius 3 is 2.00 bits per heavy atom. The molecule has 1 atom stereocenters. The van der Waals surface area contributed by atoms with Gasteiger partial charge >= 0.3 is 0 Å². The van der Waals surface area contributed by atoms with Crippen LogP contribution in [0.4, 0.5) is 0 Å². The van der Waals surface area contributed by atoms with Gasteiger partial charge in [-0.15, -0.1) is 0 Å². The zero-order chi connectivity index (χ0) is 27.2. The summed E-state index contributed by atoms with van der Waals surface area (Å²) in [5.74, 6) is 1.76. The first-order valence-corrected chi connectivity index (χ1v) is 13.5. The Kier molecular flexibility index (Phi) is 8.16. The maximum atomic E-state index is 14.5. The van der Waals surface area contributed by atoms with Crippen LogP contribution in [0, 0.1) is 0 Å². The number of nitrogens with zero attached hydrogens (tertiary/aromatic N) is 1. The van der Waals surface area contributed by atoms with Crippen molar-refractivity contribution in [2.24, 2.45) is 0 Å². The molecule has 5 rings (SSSR count). The van der Waals surface area contributed by atoms with E-state index in [0.717, 1.165) is 40.8 Å². The van der Waals surface area contributed by atoms with Crippen molar-refractivity contribution in [1.82, 2.24) is 4.90 Å². The Balaban J connectivity index is 1.54. The van der Waals surface area contributed by atoms with Crippen molar-refractivity contribution in [3.05, 3.63) is 125 Å². The molecule has 0 bridgehead atoms. The molecule has 0 saturated carbocycles. The number of rotatable bonds is 9. The van der Waals surface area contributed by atoms with Crippen LogP contribution in [0.25, 0.3) is 0 Å². The average molecular weight is 522 g/mol. The monoisotopic (exact) mass is 521 g/mol. The third-order valence-electron chi connectivity index (χ3n) is 7.54. The Bertz CT molecular complexity index is 1350. The summed E-state index contributed by atoms with van der Waals surface area (Å²) in [5, 5.41) is 0. The normalized spacial score (nSPS) is 14.6. The second-order valence-corrected chi connectivity index (χ2v) is 9.77. The number of carbonyl (C=O) groups is 1. The van der Waals surface area contributed by atoms with E-state index in [9.17, 15) is 4.79 Å². The second kappa shape index (κ2) is 12.1. The van der Waals surface area contributed by atoms with Crippen LogP contribution in [-0.4, -0.2) is 38.2 Å². The molecule has 0 fully saturated rings. The molecule has 1 amide bonds. The van der Waals surface area contributed by atoms with Crippen LogP contribution in [0.15, 0.2) is 97.1 Å². The summed E-state index contributed by atoms with van der Waals surface area (Å²) in [6.45, 7) is 3.05. The number of benzene rings is 4. The molecule has 1 heterocycles. The van der Waals surface area contributed by atoms with E-state index < -0.39 is 5.92 Å². The SMILES string of the molecule is CCc1ccc(OCC2c3cc(OC)c(OC)cc3CCN2C(=O)C(c2ccccc2)c2ccccc2)cc1. The predicted molar refractivity (Wildman–Crippen MR) is 154 cm³/mol. The molecule has 39 heavy (non-hydrogen) atoms. The predicted octanol–water partition coefficient (Wildman–Crippen LogP) is 6.60. The van der Waals surface area contributed by atoms with Gasteiger partial charge in [-0.3, -0.25) is 4.79 Å². The van der Waals surface area contributed by atoms with Gasteiger partial charge in [-0.25, -0.2) is 0 Å². The van der Waals surface area contributed by atoms with Crippen molar-refractivity contribution in [2.75, 3.05) is 27.4 Å². The lowest BCUT2D eigenvalue weighted by molar-refractivity contribution is -0.135. The molecule has 0 aromatic heterocycles. The highest BCUT2D eigenvalue weighted by Crippen LogP contribution is 2.40. The van der Waals surface area contributed by atoms with Crippen molar-refractivity contribution < 1.29 is 19.0 Å². The highest BCUT2D eigenvalue weighted by atomic mass is 16.5. The molecule has 4 aromatic carbocycles. The molecule has 5 nitrogen and oxygen atoms in total. The first-order valence-electron chi connectivity index (χ1n) is 13.5. The van der Waals surface area contributed by atoms with Gasteiger partial charge in [-0.1, -0.05) is 79.7 Å². The van der Waals surface area contributed by atoms with Crippen LogP contribution >= 0.6 is 0 Å². The summed E-state index contributed by atoms with van der Waals surface area (Å²) in [6.07, 6.45) is 1.69. The van der Waals surface area contributed by atoms with Crippen molar-refractivity contribution >= 4 is 5.91 Å². The van der Waals surface area contributed by atoms with Gasteiger partial charge in [0, 0.05) is 6.54 Å². The van der Waals surface area contributed by atoms with E-state index >= 15 is 0 Å². The van der Waals surface area contributed by atoms with Gasteiger partial charge in [-0.05, 0) is 64.9 Å². The number of amides is 1. The largest absolute Gasteiger partial charge is 0.493 e. The Hall–Kier alpha value is -4.25. The molecule has 1 aliphatic heterocycles.